The Balaban J connectivity index is 1.63. The Labute approximate surface area is 157 Å². The lowest BCUT2D eigenvalue weighted by Gasteiger charge is -2.10. The smallest absolute Gasteiger partial charge is 0.345 e. The molecule has 5 nitrogen and oxygen atoms in total. The van der Waals surface area contributed by atoms with Gasteiger partial charge in [0.25, 0.3) is 0 Å². The van der Waals surface area contributed by atoms with Crippen molar-refractivity contribution in [3.8, 4) is 11.3 Å². The second-order valence-corrected chi connectivity index (χ2v) is 8.06. The lowest BCUT2D eigenvalue weighted by Crippen LogP contribution is -2.02. The molecule has 0 saturated heterocycles. The van der Waals surface area contributed by atoms with Crippen LogP contribution in [0.15, 0.2) is 52.1 Å². The Bertz CT molecular complexity index is 1410. The number of nitrogens with zero attached hydrogens (tertiary/aromatic N) is 3. The fourth-order valence-corrected chi connectivity index (χ4v) is 5.25. The zero-order chi connectivity index (χ0) is 18.0. The van der Waals surface area contributed by atoms with Crippen molar-refractivity contribution in [3.63, 3.8) is 0 Å². The van der Waals surface area contributed by atoms with Gasteiger partial charge in [0, 0.05) is 16.5 Å². The highest BCUT2D eigenvalue weighted by Gasteiger charge is 2.21. The predicted molar refractivity (Wildman–Crippen MR) is 106 cm³/mol. The zero-order valence-corrected chi connectivity index (χ0v) is 15.3. The standard InChI is InChI=1S/C21H15N3O2S/c25-21-14(9-12-5-1-3-7-16(12)26-21)15-10-24-11-22-20-18(19(24)23-15)13-6-2-4-8-17(13)27-20/h1,3,5,7,9-11H,2,4,6,8H2. The van der Waals surface area contributed by atoms with Gasteiger partial charge in [-0.25, -0.2) is 14.8 Å². The SMILES string of the molecule is O=c1oc2ccccc2cc1-c1cn2cnc3sc4c(c3c2n1)CCCC4. The number of rotatable bonds is 1. The van der Waals surface area contributed by atoms with Gasteiger partial charge in [-0.2, -0.15) is 0 Å². The van der Waals surface area contributed by atoms with Crippen LogP contribution in [0.25, 0.3) is 38.1 Å². The topological polar surface area (TPSA) is 60.4 Å². The maximum absolute atomic E-state index is 12.5. The van der Waals surface area contributed by atoms with Crippen LogP contribution in [0.4, 0.5) is 0 Å². The number of thiophene rings is 1. The van der Waals surface area contributed by atoms with E-state index in [1.54, 1.807) is 23.7 Å². The molecule has 0 bridgehead atoms. The molecule has 0 fully saturated rings. The summed E-state index contributed by atoms with van der Waals surface area (Å²) in [5, 5.41) is 2.04. The quantitative estimate of drug-likeness (QED) is 0.403. The molecule has 0 spiro atoms. The molecule has 4 aromatic heterocycles. The Hall–Kier alpha value is -2.99. The lowest BCUT2D eigenvalue weighted by atomic mass is 9.97. The van der Waals surface area contributed by atoms with Crippen LogP contribution in [0, 0.1) is 0 Å². The van der Waals surface area contributed by atoms with Gasteiger partial charge in [0.2, 0.25) is 0 Å². The second kappa shape index (κ2) is 5.50. The van der Waals surface area contributed by atoms with Crippen molar-refractivity contribution in [1.29, 1.82) is 0 Å². The summed E-state index contributed by atoms with van der Waals surface area (Å²) in [6.45, 7) is 0. The maximum atomic E-state index is 12.5. The van der Waals surface area contributed by atoms with Gasteiger partial charge < -0.3 is 4.42 Å². The van der Waals surface area contributed by atoms with E-state index in [0.29, 0.717) is 16.8 Å². The number of aryl methyl sites for hydroxylation is 2. The molecule has 0 N–H and O–H groups in total. The number of imidazole rings is 1. The first-order valence-corrected chi connectivity index (χ1v) is 9.91. The fourth-order valence-electron chi connectivity index (χ4n) is 4.02. The molecule has 0 radical (unpaired) electrons. The summed E-state index contributed by atoms with van der Waals surface area (Å²) >= 11 is 1.78. The van der Waals surface area contributed by atoms with Gasteiger partial charge in [-0.15, -0.1) is 11.3 Å². The highest BCUT2D eigenvalue weighted by Crippen LogP contribution is 2.37. The highest BCUT2D eigenvalue weighted by atomic mass is 32.1. The molecule has 0 amide bonds. The Morgan fingerprint density at radius 2 is 2.04 bits per heavy atom. The molecule has 132 valence electrons. The molecular formula is C21H15N3O2S. The molecule has 1 aromatic carbocycles. The van der Waals surface area contributed by atoms with E-state index in [4.69, 9.17) is 9.40 Å². The summed E-state index contributed by atoms with van der Waals surface area (Å²) in [7, 11) is 0. The largest absolute Gasteiger partial charge is 0.422 e. The van der Waals surface area contributed by atoms with Crippen LogP contribution in [0.2, 0.25) is 0 Å². The van der Waals surface area contributed by atoms with E-state index >= 15 is 0 Å². The molecule has 6 heteroatoms. The first-order valence-electron chi connectivity index (χ1n) is 9.09. The molecule has 1 aliphatic carbocycles. The molecule has 27 heavy (non-hydrogen) atoms. The van der Waals surface area contributed by atoms with Crippen molar-refractivity contribution in [2.45, 2.75) is 25.7 Å². The number of hydrogen-bond acceptors (Lipinski definition) is 5. The summed E-state index contributed by atoms with van der Waals surface area (Å²) < 4.78 is 7.41. The van der Waals surface area contributed by atoms with Crippen molar-refractivity contribution in [3.05, 3.63) is 63.7 Å². The van der Waals surface area contributed by atoms with Crippen molar-refractivity contribution in [2.75, 3.05) is 0 Å². The van der Waals surface area contributed by atoms with Crippen molar-refractivity contribution in [1.82, 2.24) is 14.4 Å². The first-order chi connectivity index (χ1) is 13.3. The summed E-state index contributed by atoms with van der Waals surface area (Å²) in [5.41, 5.74) is 3.60. The van der Waals surface area contributed by atoms with Gasteiger partial charge in [0.1, 0.15) is 22.4 Å². The number of benzene rings is 1. The summed E-state index contributed by atoms with van der Waals surface area (Å²) in [5.74, 6) is 0. The summed E-state index contributed by atoms with van der Waals surface area (Å²) in [6.07, 6.45) is 8.32. The van der Waals surface area contributed by atoms with E-state index in [1.165, 1.54) is 23.3 Å². The molecule has 0 saturated carbocycles. The van der Waals surface area contributed by atoms with Crippen LogP contribution in [0.5, 0.6) is 0 Å². The summed E-state index contributed by atoms with van der Waals surface area (Å²) in [4.78, 5) is 24.5. The fraction of sp³-hybridized carbons (Fsp3) is 0.190. The second-order valence-electron chi connectivity index (χ2n) is 6.98. The van der Waals surface area contributed by atoms with E-state index in [9.17, 15) is 4.79 Å². The van der Waals surface area contributed by atoms with Crippen molar-refractivity contribution < 1.29 is 4.42 Å². The van der Waals surface area contributed by atoms with E-state index in [0.717, 1.165) is 34.1 Å². The highest BCUT2D eigenvalue weighted by molar-refractivity contribution is 7.19. The van der Waals surface area contributed by atoms with Gasteiger partial charge in [-0.3, -0.25) is 4.40 Å². The number of hydrogen-bond donors (Lipinski definition) is 0. The minimum atomic E-state index is -0.367. The molecule has 4 heterocycles. The third-order valence-corrected chi connectivity index (χ3v) is 6.53. The number of fused-ring (bicyclic) bond motifs is 6. The summed E-state index contributed by atoms with van der Waals surface area (Å²) in [6, 6.07) is 9.39. The minimum absolute atomic E-state index is 0.367. The van der Waals surface area contributed by atoms with Crippen LogP contribution in [-0.4, -0.2) is 14.4 Å². The maximum Gasteiger partial charge on any atom is 0.345 e. The van der Waals surface area contributed by atoms with Gasteiger partial charge in [-0.05, 0) is 43.4 Å². The van der Waals surface area contributed by atoms with Gasteiger partial charge in [0.05, 0.1) is 16.6 Å². The molecule has 0 atom stereocenters. The van der Waals surface area contributed by atoms with Crippen LogP contribution in [0.3, 0.4) is 0 Å². The van der Waals surface area contributed by atoms with Gasteiger partial charge >= 0.3 is 5.63 Å². The van der Waals surface area contributed by atoms with Crippen LogP contribution in [0.1, 0.15) is 23.3 Å². The predicted octanol–water partition coefficient (Wildman–Crippen LogP) is 4.60. The van der Waals surface area contributed by atoms with Gasteiger partial charge in [-0.1, -0.05) is 18.2 Å². The number of para-hydroxylation sites is 1. The Morgan fingerprint density at radius 1 is 1.15 bits per heavy atom. The van der Waals surface area contributed by atoms with E-state index in [-0.39, 0.29) is 5.63 Å². The minimum Gasteiger partial charge on any atom is -0.422 e. The van der Waals surface area contributed by atoms with Gasteiger partial charge in [0.15, 0.2) is 0 Å². The molecule has 0 unspecified atom stereocenters. The Morgan fingerprint density at radius 3 is 3.00 bits per heavy atom. The Kier molecular flexibility index (Phi) is 3.08. The normalized spacial score (nSPS) is 14.2. The zero-order valence-electron chi connectivity index (χ0n) is 14.4. The average molecular weight is 373 g/mol. The molecule has 0 aliphatic heterocycles. The average Bonchev–Trinajstić information content (AvgIpc) is 3.28. The third kappa shape index (κ3) is 2.20. The molecule has 5 aromatic rings. The lowest BCUT2D eigenvalue weighted by molar-refractivity contribution is 0.563. The van der Waals surface area contributed by atoms with Crippen molar-refractivity contribution in [2.24, 2.45) is 0 Å². The molecule has 1 aliphatic rings. The van der Waals surface area contributed by atoms with E-state index < -0.39 is 0 Å². The van der Waals surface area contributed by atoms with E-state index in [1.807, 2.05) is 34.9 Å². The van der Waals surface area contributed by atoms with E-state index in [2.05, 4.69) is 4.98 Å². The monoisotopic (exact) mass is 373 g/mol. The molecular weight excluding hydrogens is 358 g/mol. The third-order valence-electron chi connectivity index (χ3n) is 5.33. The van der Waals surface area contributed by atoms with Crippen LogP contribution < -0.4 is 5.63 Å². The first kappa shape index (κ1) is 15.1. The molecule has 6 rings (SSSR count). The van der Waals surface area contributed by atoms with Crippen LogP contribution >= 0.6 is 11.3 Å². The number of aromatic nitrogens is 3. The van der Waals surface area contributed by atoms with Crippen molar-refractivity contribution >= 4 is 38.2 Å². The van der Waals surface area contributed by atoms with Crippen LogP contribution in [-0.2, 0) is 12.8 Å².